The van der Waals surface area contributed by atoms with Gasteiger partial charge in [0.15, 0.2) is 0 Å². The van der Waals surface area contributed by atoms with E-state index in [2.05, 4.69) is 22.0 Å². The third kappa shape index (κ3) is 2.55. The molecule has 18 heavy (non-hydrogen) atoms. The Labute approximate surface area is 114 Å². The molecule has 0 spiro atoms. The summed E-state index contributed by atoms with van der Waals surface area (Å²) in [4.78, 5) is 14.0. The maximum atomic E-state index is 12.4. The summed E-state index contributed by atoms with van der Waals surface area (Å²) in [5.41, 5.74) is 1.54. The molecule has 1 amide bonds. The Bertz CT molecular complexity index is 510. The number of nitrogens with zero attached hydrogens (tertiary/aromatic N) is 2. The molecular formula is C13H13BrN2O2. The fourth-order valence-electron chi connectivity index (χ4n) is 1.93. The predicted molar refractivity (Wildman–Crippen MR) is 70.1 cm³/mol. The van der Waals surface area contributed by atoms with E-state index in [4.69, 9.17) is 10.00 Å². The molecule has 1 saturated heterocycles. The van der Waals surface area contributed by atoms with Crippen LogP contribution in [-0.2, 0) is 4.74 Å². The van der Waals surface area contributed by atoms with E-state index < -0.39 is 6.04 Å². The Morgan fingerprint density at radius 3 is 3.11 bits per heavy atom. The van der Waals surface area contributed by atoms with Crippen LogP contribution in [0.2, 0.25) is 0 Å². The number of morpholine rings is 1. The fourth-order valence-corrected chi connectivity index (χ4v) is 2.29. The third-order valence-electron chi connectivity index (χ3n) is 2.97. The number of amides is 1. The lowest BCUT2D eigenvalue weighted by atomic mass is 10.1. The third-order valence-corrected chi connectivity index (χ3v) is 3.46. The number of nitriles is 1. The van der Waals surface area contributed by atoms with Gasteiger partial charge in [-0.25, -0.2) is 0 Å². The van der Waals surface area contributed by atoms with Crippen LogP contribution in [-0.4, -0.2) is 36.6 Å². The van der Waals surface area contributed by atoms with Gasteiger partial charge in [0.25, 0.3) is 5.91 Å². The highest BCUT2D eigenvalue weighted by atomic mass is 79.9. The van der Waals surface area contributed by atoms with Gasteiger partial charge < -0.3 is 9.64 Å². The van der Waals surface area contributed by atoms with Crippen LogP contribution < -0.4 is 0 Å². The van der Waals surface area contributed by atoms with E-state index in [1.807, 2.05) is 19.1 Å². The molecule has 0 aromatic heterocycles. The van der Waals surface area contributed by atoms with Crippen molar-refractivity contribution in [1.82, 2.24) is 4.90 Å². The van der Waals surface area contributed by atoms with E-state index in [1.165, 1.54) is 0 Å². The van der Waals surface area contributed by atoms with Gasteiger partial charge >= 0.3 is 0 Å². The number of ether oxygens (including phenoxy) is 1. The molecule has 0 N–H and O–H groups in total. The fraction of sp³-hybridized carbons (Fsp3) is 0.385. The second-order valence-corrected chi connectivity index (χ2v) is 5.09. The summed E-state index contributed by atoms with van der Waals surface area (Å²) >= 11 is 3.36. The highest BCUT2D eigenvalue weighted by Crippen LogP contribution is 2.19. The molecule has 2 rings (SSSR count). The Kier molecular flexibility index (Phi) is 4.00. The highest BCUT2D eigenvalue weighted by molar-refractivity contribution is 9.10. The SMILES string of the molecule is Cc1ccc(Br)cc1C(=O)N1CCOCC1C#N. The molecule has 1 atom stereocenters. The lowest BCUT2D eigenvalue weighted by Crippen LogP contribution is -2.48. The summed E-state index contributed by atoms with van der Waals surface area (Å²) in [6.07, 6.45) is 0. The Hall–Kier alpha value is -1.38. The molecular weight excluding hydrogens is 296 g/mol. The number of benzene rings is 1. The zero-order valence-electron chi connectivity index (χ0n) is 10.0. The van der Waals surface area contributed by atoms with Gasteiger partial charge in [-0.05, 0) is 24.6 Å². The predicted octanol–water partition coefficient (Wildman–Crippen LogP) is 2.12. The molecule has 1 aromatic rings. The van der Waals surface area contributed by atoms with Crippen LogP contribution in [0.25, 0.3) is 0 Å². The maximum Gasteiger partial charge on any atom is 0.255 e. The normalized spacial score (nSPS) is 19.4. The largest absolute Gasteiger partial charge is 0.376 e. The van der Waals surface area contributed by atoms with Gasteiger partial charge in [0, 0.05) is 16.6 Å². The molecule has 0 bridgehead atoms. The van der Waals surface area contributed by atoms with Crippen LogP contribution in [0.1, 0.15) is 15.9 Å². The number of carbonyl (C=O) groups is 1. The first-order chi connectivity index (χ1) is 8.63. The number of halogens is 1. The van der Waals surface area contributed by atoms with E-state index >= 15 is 0 Å². The van der Waals surface area contributed by atoms with Crippen LogP contribution >= 0.6 is 15.9 Å². The van der Waals surface area contributed by atoms with Crippen LogP contribution in [0.15, 0.2) is 22.7 Å². The Morgan fingerprint density at radius 2 is 2.39 bits per heavy atom. The van der Waals surface area contributed by atoms with Crippen molar-refractivity contribution in [2.75, 3.05) is 19.8 Å². The minimum atomic E-state index is -0.496. The molecule has 1 fully saturated rings. The quantitative estimate of drug-likeness (QED) is 0.798. The second kappa shape index (κ2) is 5.51. The van der Waals surface area contributed by atoms with Gasteiger partial charge in [0.2, 0.25) is 0 Å². The number of carbonyl (C=O) groups excluding carboxylic acids is 1. The van der Waals surface area contributed by atoms with E-state index in [0.717, 1.165) is 10.0 Å². The average Bonchev–Trinajstić information content (AvgIpc) is 2.40. The molecule has 0 aliphatic carbocycles. The molecule has 4 nitrogen and oxygen atoms in total. The molecule has 94 valence electrons. The summed E-state index contributed by atoms with van der Waals surface area (Å²) in [5.74, 6) is -0.108. The first-order valence-corrected chi connectivity index (χ1v) is 6.47. The van der Waals surface area contributed by atoms with Gasteiger partial charge in [-0.15, -0.1) is 0 Å². The molecule has 1 aliphatic rings. The van der Waals surface area contributed by atoms with E-state index in [0.29, 0.717) is 18.7 Å². The summed E-state index contributed by atoms with van der Waals surface area (Å²) in [6, 6.07) is 7.19. The summed E-state index contributed by atoms with van der Waals surface area (Å²) in [7, 11) is 0. The summed E-state index contributed by atoms with van der Waals surface area (Å²) in [6.45, 7) is 3.12. The van der Waals surface area contributed by atoms with Crippen molar-refractivity contribution in [3.8, 4) is 6.07 Å². The summed E-state index contributed by atoms with van der Waals surface area (Å²) < 4.78 is 6.08. The minimum Gasteiger partial charge on any atom is -0.376 e. The van der Waals surface area contributed by atoms with Crippen molar-refractivity contribution in [2.24, 2.45) is 0 Å². The first-order valence-electron chi connectivity index (χ1n) is 5.68. The van der Waals surface area contributed by atoms with Crippen molar-refractivity contribution in [3.05, 3.63) is 33.8 Å². The van der Waals surface area contributed by atoms with E-state index in [-0.39, 0.29) is 12.5 Å². The molecule has 0 radical (unpaired) electrons. The minimum absolute atomic E-state index is 0.108. The smallest absolute Gasteiger partial charge is 0.255 e. The van der Waals surface area contributed by atoms with Gasteiger partial charge in [-0.2, -0.15) is 5.26 Å². The Balaban J connectivity index is 2.30. The number of hydrogen-bond acceptors (Lipinski definition) is 3. The molecule has 1 aliphatic heterocycles. The van der Waals surface area contributed by atoms with Crippen LogP contribution in [0, 0.1) is 18.3 Å². The van der Waals surface area contributed by atoms with E-state index in [1.54, 1.807) is 11.0 Å². The van der Waals surface area contributed by atoms with Crippen molar-refractivity contribution in [2.45, 2.75) is 13.0 Å². The number of hydrogen-bond donors (Lipinski definition) is 0. The zero-order valence-corrected chi connectivity index (χ0v) is 11.6. The van der Waals surface area contributed by atoms with Gasteiger partial charge in [-0.1, -0.05) is 22.0 Å². The zero-order chi connectivity index (χ0) is 13.1. The van der Waals surface area contributed by atoms with Crippen LogP contribution in [0.3, 0.4) is 0 Å². The number of aryl methyl sites for hydroxylation is 1. The first kappa shape index (κ1) is 13.1. The van der Waals surface area contributed by atoms with Gasteiger partial charge in [-0.3, -0.25) is 4.79 Å². The topological polar surface area (TPSA) is 53.3 Å². The average molecular weight is 309 g/mol. The van der Waals surface area contributed by atoms with Crippen molar-refractivity contribution >= 4 is 21.8 Å². The molecule has 1 aromatic carbocycles. The lowest BCUT2D eigenvalue weighted by molar-refractivity contribution is 0.0132. The molecule has 5 heteroatoms. The second-order valence-electron chi connectivity index (χ2n) is 4.18. The van der Waals surface area contributed by atoms with Crippen molar-refractivity contribution in [3.63, 3.8) is 0 Å². The van der Waals surface area contributed by atoms with Gasteiger partial charge in [0.05, 0.1) is 19.3 Å². The van der Waals surface area contributed by atoms with Crippen molar-refractivity contribution < 1.29 is 9.53 Å². The van der Waals surface area contributed by atoms with Crippen LogP contribution in [0.5, 0.6) is 0 Å². The monoisotopic (exact) mass is 308 g/mol. The highest BCUT2D eigenvalue weighted by Gasteiger charge is 2.28. The molecule has 1 heterocycles. The van der Waals surface area contributed by atoms with E-state index in [9.17, 15) is 4.79 Å². The van der Waals surface area contributed by atoms with Gasteiger partial charge in [0.1, 0.15) is 6.04 Å². The molecule has 0 saturated carbocycles. The summed E-state index contributed by atoms with van der Waals surface area (Å²) in [5, 5.41) is 9.05. The molecule has 1 unspecified atom stereocenters. The van der Waals surface area contributed by atoms with Crippen LogP contribution in [0.4, 0.5) is 0 Å². The lowest BCUT2D eigenvalue weighted by Gasteiger charge is -2.31. The standard InChI is InChI=1S/C13H13BrN2O2/c1-9-2-3-10(14)6-12(9)13(17)16-4-5-18-8-11(16)7-15/h2-3,6,11H,4-5,8H2,1H3. The van der Waals surface area contributed by atoms with Crippen molar-refractivity contribution in [1.29, 1.82) is 5.26 Å². The maximum absolute atomic E-state index is 12.4. The Morgan fingerprint density at radius 1 is 1.61 bits per heavy atom. The number of rotatable bonds is 1.